The van der Waals surface area contributed by atoms with Crippen molar-refractivity contribution in [2.75, 3.05) is 5.32 Å². The van der Waals surface area contributed by atoms with Crippen molar-refractivity contribution < 1.29 is 9.18 Å². The summed E-state index contributed by atoms with van der Waals surface area (Å²) in [5, 5.41) is 9.72. The Morgan fingerprint density at radius 3 is 3.00 bits per heavy atom. The van der Waals surface area contributed by atoms with Gasteiger partial charge in [-0.1, -0.05) is 0 Å². The van der Waals surface area contributed by atoms with Gasteiger partial charge in [-0.2, -0.15) is 5.10 Å². The van der Waals surface area contributed by atoms with Gasteiger partial charge in [-0.15, -0.1) is 0 Å². The Morgan fingerprint density at radius 2 is 2.26 bits per heavy atom. The molecule has 0 saturated carbocycles. The van der Waals surface area contributed by atoms with Gasteiger partial charge in [-0.05, 0) is 30.7 Å². The first-order valence-corrected chi connectivity index (χ1v) is 5.73. The van der Waals surface area contributed by atoms with E-state index in [1.165, 1.54) is 12.3 Å². The number of amides is 1. The molecule has 6 heteroatoms. The highest BCUT2D eigenvalue weighted by atomic mass is 19.1. The van der Waals surface area contributed by atoms with E-state index in [1.54, 1.807) is 25.3 Å². The molecule has 3 aromatic rings. The summed E-state index contributed by atoms with van der Waals surface area (Å²) in [5.74, 6) is -0.578. The number of halogens is 1. The SMILES string of the molecule is Cc1c(F)ccc2[nH]c(C(=O)Nc3cn[nH]c3)cc12. The molecule has 2 heterocycles. The zero-order valence-electron chi connectivity index (χ0n) is 10.1. The Bertz CT molecular complexity index is 745. The molecule has 1 amide bonds. The van der Waals surface area contributed by atoms with Gasteiger partial charge in [-0.25, -0.2) is 4.39 Å². The lowest BCUT2D eigenvalue weighted by molar-refractivity contribution is 0.102. The molecule has 0 bridgehead atoms. The molecular weight excluding hydrogens is 247 g/mol. The first-order chi connectivity index (χ1) is 9.15. The van der Waals surface area contributed by atoms with Gasteiger partial charge in [0.1, 0.15) is 11.5 Å². The minimum Gasteiger partial charge on any atom is -0.351 e. The van der Waals surface area contributed by atoms with Crippen molar-refractivity contribution in [3.05, 3.63) is 47.7 Å². The molecule has 0 aliphatic rings. The van der Waals surface area contributed by atoms with Crippen molar-refractivity contribution in [3.8, 4) is 0 Å². The molecule has 0 fully saturated rings. The molecule has 2 aromatic heterocycles. The average molecular weight is 258 g/mol. The zero-order valence-corrected chi connectivity index (χ0v) is 10.1. The maximum atomic E-state index is 13.4. The van der Waals surface area contributed by atoms with Gasteiger partial charge in [0.25, 0.3) is 5.91 Å². The number of hydrogen-bond donors (Lipinski definition) is 3. The molecule has 0 radical (unpaired) electrons. The third-order valence-corrected chi connectivity index (χ3v) is 3.01. The minimum atomic E-state index is -0.294. The fraction of sp³-hybridized carbons (Fsp3) is 0.0769. The highest BCUT2D eigenvalue weighted by Crippen LogP contribution is 2.22. The van der Waals surface area contributed by atoms with E-state index in [9.17, 15) is 9.18 Å². The Kier molecular flexibility index (Phi) is 2.56. The Hall–Kier alpha value is -2.63. The minimum absolute atomic E-state index is 0.284. The third-order valence-electron chi connectivity index (χ3n) is 3.01. The normalized spacial score (nSPS) is 10.8. The van der Waals surface area contributed by atoms with E-state index in [2.05, 4.69) is 20.5 Å². The van der Waals surface area contributed by atoms with Crippen LogP contribution in [-0.2, 0) is 0 Å². The molecule has 5 nitrogen and oxygen atoms in total. The van der Waals surface area contributed by atoms with Crippen LogP contribution in [0.15, 0.2) is 30.6 Å². The van der Waals surface area contributed by atoms with Gasteiger partial charge in [0.05, 0.1) is 11.9 Å². The van der Waals surface area contributed by atoms with Crippen LogP contribution >= 0.6 is 0 Å². The maximum absolute atomic E-state index is 13.4. The number of aromatic nitrogens is 3. The van der Waals surface area contributed by atoms with Crippen LogP contribution in [0.4, 0.5) is 10.1 Å². The van der Waals surface area contributed by atoms with E-state index in [0.717, 1.165) is 5.52 Å². The van der Waals surface area contributed by atoms with Crippen LogP contribution in [0.1, 0.15) is 16.1 Å². The summed E-state index contributed by atoms with van der Waals surface area (Å²) < 4.78 is 13.4. The fourth-order valence-corrected chi connectivity index (χ4v) is 1.96. The quantitative estimate of drug-likeness (QED) is 0.661. The van der Waals surface area contributed by atoms with Crippen LogP contribution in [0, 0.1) is 12.7 Å². The molecule has 96 valence electrons. The standard InChI is InChI=1S/C13H11FN4O/c1-7-9-4-12(18-11(9)3-2-10(7)14)13(19)17-8-5-15-16-6-8/h2-6,18H,1H3,(H,15,16)(H,17,19). The van der Waals surface area contributed by atoms with Crippen molar-refractivity contribution in [2.45, 2.75) is 6.92 Å². The van der Waals surface area contributed by atoms with E-state index in [-0.39, 0.29) is 11.7 Å². The van der Waals surface area contributed by atoms with Crippen molar-refractivity contribution in [2.24, 2.45) is 0 Å². The largest absolute Gasteiger partial charge is 0.351 e. The van der Waals surface area contributed by atoms with Crippen LogP contribution in [0.25, 0.3) is 10.9 Å². The van der Waals surface area contributed by atoms with Crippen molar-refractivity contribution in [1.82, 2.24) is 15.2 Å². The predicted molar refractivity (Wildman–Crippen MR) is 69.5 cm³/mol. The summed E-state index contributed by atoms with van der Waals surface area (Å²) in [6, 6.07) is 4.64. The van der Waals surface area contributed by atoms with E-state index in [0.29, 0.717) is 22.3 Å². The number of aromatic amines is 2. The summed E-state index contributed by atoms with van der Waals surface area (Å²) in [5.41, 5.74) is 2.21. The Labute approximate surface area is 107 Å². The van der Waals surface area contributed by atoms with Crippen LogP contribution < -0.4 is 5.32 Å². The lowest BCUT2D eigenvalue weighted by Gasteiger charge is -1.98. The highest BCUT2D eigenvalue weighted by molar-refractivity contribution is 6.06. The first kappa shape index (κ1) is 11.5. The Balaban J connectivity index is 1.97. The number of benzene rings is 1. The molecule has 0 saturated heterocycles. The monoisotopic (exact) mass is 258 g/mol. The molecule has 0 unspecified atom stereocenters. The zero-order chi connectivity index (χ0) is 13.4. The summed E-state index contributed by atoms with van der Waals surface area (Å²) in [7, 11) is 0. The molecule has 1 aromatic carbocycles. The number of aryl methyl sites for hydroxylation is 1. The van der Waals surface area contributed by atoms with E-state index >= 15 is 0 Å². The van der Waals surface area contributed by atoms with E-state index in [1.807, 2.05) is 0 Å². The molecule has 3 rings (SSSR count). The molecule has 3 N–H and O–H groups in total. The number of hydrogen-bond acceptors (Lipinski definition) is 2. The van der Waals surface area contributed by atoms with Crippen LogP contribution in [-0.4, -0.2) is 21.1 Å². The predicted octanol–water partition coefficient (Wildman–Crippen LogP) is 2.59. The molecule has 0 aliphatic heterocycles. The third kappa shape index (κ3) is 1.97. The van der Waals surface area contributed by atoms with Crippen molar-refractivity contribution in [3.63, 3.8) is 0 Å². The summed E-state index contributed by atoms with van der Waals surface area (Å²) in [6.07, 6.45) is 3.08. The number of carbonyl (C=O) groups excluding carboxylic acids is 1. The second kappa shape index (κ2) is 4.24. The smallest absolute Gasteiger partial charge is 0.272 e. The molecule has 0 spiro atoms. The summed E-state index contributed by atoms with van der Waals surface area (Å²) in [4.78, 5) is 15.0. The van der Waals surface area contributed by atoms with Crippen LogP contribution in [0.3, 0.4) is 0 Å². The maximum Gasteiger partial charge on any atom is 0.272 e. The lowest BCUT2D eigenvalue weighted by Crippen LogP contribution is -2.11. The van der Waals surface area contributed by atoms with Crippen molar-refractivity contribution >= 4 is 22.5 Å². The second-order valence-corrected chi connectivity index (χ2v) is 4.26. The van der Waals surface area contributed by atoms with Crippen LogP contribution in [0.5, 0.6) is 0 Å². The summed E-state index contributed by atoms with van der Waals surface area (Å²) >= 11 is 0. The lowest BCUT2D eigenvalue weighted by atomic mass is 10.1. The first-order valence-electron chi connectivity index (χ1n) is 5.73. The fourth-order valence-electron chi connectivity index (χ4n) is 1.96. The Morgan fingerprint density at radius 1 is 1.42 bits per heavy atom. The van der Waals surface area contributed by atoms with Gasteiger partial charge in [0, 0.05) is 17.1 Å². The second-order valence-electron chi connectivity index (χ2n) is 4.26. The highest BCUT2D eigenvalue weighted by Gasteiger charge is 2.12. The number of H-pyrrole nitrogens is 2. The molecular formula is C13H11FN4O. The van der Waals surface area contributed by atoms with E-state index in [4.69, 9.17) is 0 Å². The molecule has 0 aliphatic carbocycles. The molecule has 19 heavy (non-hydrogen) atoms. The number of nitrogens with zero attached hydrogens (tertiary/aromatic N) is 1. The van der Waals surface area contributed by atoms with Gasteiger partial charge in [-0.3, -0.25) is 9.89 Å². The molecule has 0 atom stereocenters. The van der Waals surface area contributed by atoms with Gasteiger partial charge in [0.2, 0.25) is 0 Å². The van der Waals surface area contributed by atoms with Crippen molar-refractivity contribution in [1.29, 1.82) is 0 Å². The average Bonchev–Trinajstić information content (AvgIpc) is 3.02. The number of carbonyl (C=O) groups is 1. The van der Waals surface area contributed by atoms with Gasteiger partial charge < -0.3 is 10.3 Å². The van der Waals surface area contributed by atoms with Gasteiger partial charge >= 0.3 is 0 Å². The number of nitrogens with one attached hydrogen (secondary N) is 3. The number of fused-ring (bicyclic) bond motifs is 1. The van der Waals surface area contributed by atoms with E-state index < -0.39 is 0 Å². The number of rotatable bonds is 2. The van der Waals surface area contributed by atoms with Crippen LogP contribution in [0.2, 0.25) is 0 Å². The summed E-state index contributed by atoms with van der Waals surface area (Å²) in [6.45, 7) is 1.68. The topological polar surface area (TPSA) is 73.6 Å². The number of anilines is 1. The van der Waals surface area contributed by atoms with Gasteiger partial charge in [0.15, 0.2) is 0 Å².